The molecule has 0 aromatic heterocycles. The second-order valence-corrected chi connectivity index (χ2v) is 4.49. The fourth-order valence-corrected chi connectivity index (χ4v) is 2.25. The van der Waals surface area contributed by atoms with Crippen LogP contribution in [0.1, 0.15) is 10.4 Å². The van der Waals surface area contributed by atoms with Crippen LogP contribution in [-0.4, -0.2) is 32.4 Å². The molecule has 0 aliphatic heterocycles. The Labute approximate surface area is 128 Å². The maximum atomic E-state index is 11.0. The van der Waals surface area contributed by atoms with Gasteiger partial charge in [-0.2, -0.15) is 0 Å². The van der Waals surface area contributed by atoms with Crippen LogP contribution in [0.25, 0.3) is 11.1 Å². The van der Waals surface area contributed by atoms with Crippen LogP contribution in [0.4, 0.5) is 5.69 Å². The van der Waals surface area contributed by atoms with Crippen LogP contribution in [-0.2, 0) is 0 Å². The number of carboxylic acid groups (broad SMARTS) is 1. The Morgan fingerprint density at radius 2 is 1.68 bits per heavy atom. The van der Waals surface area contributed by atoms with Gasteiger partial charge in [0.1, 0.15) is 0 Å². The first kappa shape index (κ1) is 15.5. The lowest BCUT2D eigenvalue weighted by atomic mass is 10.0. The molecule has 0 radical (unpaired) electrons. The number of nitrogens with two attached hydrogens (primary N) is 1. The van der Waals surface area contributed by atoms with Crippen LogP contribution in [0.2, 0.25) is 0 Å². The highest BCUT2D eigenvalue weighted by Gasteiger charge is 2.18. The van der Waals surface area contributed by atoms with Gasteiger partial charge in [0.25, 0.3) is 0 Å². The van der Waals surface area contributed by atoms with Gasteiger partial charge in [-0.15, -0.1) is 0 Å². The molecule has 116 valence electrons. The predicted molar refractivity (Wildman–Crippen MR) is 82.9 cm³/mol. The average molecular weight is 303 g/mol. The van der Waals surface area contributed by atoms with Crippen LogP contribution in [0.5, 0.6) is 17.2 Å². The van der Waals surface area contributed by atoms with Gasteiger partial charge < -0.3 is 25.1 Å². The van der Waals surface area contributed by atoms with E-state index in [1.165, 1.54) is 27.4 Å². The Hall–Kier alpha value is -2.89. The highest BCUT2D eigenvalue weighted by atomic mass is 16.5. The van der Waals surface area contributed by atoms with Crippen molar-refractivity contribution in [3.05, 3.63) is 35.9 Å². The number of rotatable bonds is 5. The Morgan fingerprint density at radius 1 is 1.00 bits per heavy atom. The molecule has 2 aromatic carbocycles. The monoisotopic (exact) mass is 303 g/mol. The molecular weight excluding hydrogens is 286 g/mol. The molecule has 2 aromatic rings. The summed E-state index contributed by atoms with van der Waals surface area (Å²) in [5, 5.41) is 9.04. The fraction of sp³-hybridized carbons (Fsp3) is 0.188. The summed E-state index contributed by atoms with van der Waals surface area (Å²) in [6.07, 6.45) is 0. The van der Waals surface area contributed by atoms with E-state index >= 15 is 0 Å². The summed E-state index contributed by atoms with van der Waals surface area (Å²) in [5.74, 6) is 0.425. The Kier molecular flexibility index (Phi) is 4.41. The SMILES string of the molecule is COc1ccc(-c2ccc(C(=O)O)c(N)c2)c(OC)c1OC. The van der Waals surface area contributed by atoms with E-state index in [0.717, 1.165) is 11.1 Å². The Morgan fingerprint density at radius 3 is 2.18 bits per heavy atom. The predicted octanol–water partition coefficient (Wildman–Crippen LogP) is 2.66. The number of hydrogen-bond donors (Lipinski definition) is 2. The molecule has 0 fully saturated rings. The van der Waals surface area contributed by atoms with Crippen LogP contribution in [0.15, 0.2) is 30.3 Å². The summed E-state index contributed by atoms with van der Waals surface area (Å²) in [4.78, 5) is 11.0. The van der Waals surface area contributed by atoms with Gasteiger partial charge >= 0.3 is 5.97 Å². The molecule has 0 atom stereocenters. The number of nitrogen functional groups attached to an aromatic ring is 1. The van der Waals surface area contributed by atoms with E-state index < -0.39 is 5.97 Å². The first-order valence-electron chi connectivity index (χ1n) is 6.45. The number of carbonyl (C=O) groups is 1. The van der Waals surface area contributed by atoms with Gasteiger partial charge in [0.05, 0.1) is 26.9 Å². The number of methoxy groups -OCH3 is 3. The van der Waals surface area contributed by atoms with E-state index in [1.807, 2.05) is 0 Å². The second-order valence-electron chi connectivity index (χ2n) is 4.49. The first-order valence-corrected chi connectivity index (χ1v) is 6.45. The van der Waals surface area contributed by atoms with Crippen LogP contribution in [0, 0.1) is 0 Å². The van der Waals surface area contributed by atoms with E-state index in [1.54, 1.807) is 24.3 Å². The van der Waals surface area contributed by atoms with E-state index in [2.05, 4.69) is 0 Å². The van der Waals surface area contributed by atoms with Gasteiger partial charge in [0.2, 0.25) is 5.75 Å². The van der Waals surface area contributed by atoms with Gasteiger partial charge in [-0.1, -0.05) is 6.07 Å². The van der Waals surface area contributed by atoms with Gasteiger partial charge in [-0.3, -0.25) is 0 Å². The number of aromatic carboxylic acids is 1. The summed E-state index contributed by atoms with van der Waals surface area (Å²) in [6.45, 7) is 0. The fourth-order valence-electron chi connectivity index (χ4n) is 2.25. The van der Waals surface area contributed by atoms with Crippen molar-refractivity contribution in [2.75, 3.05) is 27.1 Å². The molecule has 0 aliphatic rings. The third kappa shape index (κ3) is 2.63. The highest BCUT2D eigenvalue weighted by Crippen LogP contribution is 2.44. The van der Waals surface area contributed by atoms with Gasteiger partial charge in [0, 0.05) is 11.3 Å². The molecule has 0 heterocycles. The molecule has 0 aliphatic carbocycles. The molecule has 0 amide bonds. The normalized spacial score (nSPS) is 10.1. The zero-order valence-electron chi connectivity index (χ0n) is 12.5. The van der Waals surface area contributed by atoms with Gasteiger partial charge in [-0.25, -0.2) is 4.79 Å². The number of hydrogen-bond acceptors (Lipinski definition) is 5. The van der Waals surface area contributed by atoms with E-state index in [4.69, 9.17) is 25.1 Å². The molecule has 2 rings (SSSR count). The third-order valence-corrected chi connectivity index (χ3v) is 3.30. The van der Waals surface area contributed by atoms with Crippen molar-refractivity contribution >= 4 is 11.7 Å². The lowest BCUT2D eigenvalue weighted by Crippen LogP contribution is -2.02. The third-order valence-electron chi connectivity index (χ3n) is 3.30. The largest absolute Gasteiger partial charge is 0.493 e. The molecule has 0 saturated heterocycles. The van der Waals surface area contributed by atoms with Crippen molar-refractivity contribution < 1.29 is 24.1 Å². The van der Waals surface area contributed by atoms with E-state index in [9.17, 15) is 4.79 Å². The van der Waals surface area contributed by atoms with Crippen molar-refractivity contribution in [3.8, 4) is 28.4 Å². The van der Waals surface area contributed by atoms with Gasteiger partial charge in [-0.05, 0) is 29.8 Å². The summed E-state index contributed by atoms with van der Waals surface area (Å²) in [5.41, 5.74) is 7.49. The molecule has 0 spiro atoms. The molecule has 0 bridgehead atoms. The molecular formula is C16H17NO5. The number of carboxylic acids is 1. The summed E-state index contributed by atoms with van der Waals surface area (Å²) < 4.78 is 16.0. The second kappa shape index (κ2) is 6.26. The maximum Gasteiger partial charge on any atom is 0.337 e. The van der Waals surface area contributed by atoms with Crippen molar-refractivity contribution in [1.29, 1.82) is 0 Å². The standard InChI is InChI=1S/C16H17NO5/c1-20-13-7-6-10(14(21-2)15(13)22-3)9-4-5-11(16(18)19)12(17)8-9/h4-8H,17H2,1-3H3,(H,18,19). The first-order chi connectivity index (χ1) is 10.5. The molecule has 0 unspecified atom stereocenters. The number of anilines is 1. The van der Waals surface area contributed by atoms with Crippen LogP contribution < -0.4 is 19.9 Å². The summed E-state index contributed by atoms with van der Waals surface area (Å²) >= 11 is 0. The minimum atomic E-state index is -1.07. The Bertz CT molecular complexity index is 712. The number of benzene rings is 2. The minimum absolute atomic E-state index is 0.0585. The average Bonchev–Trinajstić information content (AvgIpc) is 2.52. The van der Waals surface area contributed by atoms with Crippen LogP contribution >= 0.6 is 0 Å². The minimum Gasteiger partial charge on any atom is -0.493 e. The molecule has 3 N–H and O–H groups in total. The quantitative estimate of drug-likeness (QED) is 0.825. The van der Waals surface area contributed by atoms with E-state index in [0.29, 0.717) is 17.2 Å². The van der Waals surface area contributed by atoms with Crippen molar-refractivity contribution in [2.45, 2.75) is 0 Å². The molecule has 0 saturated carbocycles. The zero-order chi connectivity index (χ0) is 16.3. The lowest BCUT2D eigenvalue weighted by Gasteiger charge is -2.16. The molecule has 6 heteroatoms. The summed E-state index contributed by atoms with van der Waals surface area (Å²) in [6, 6.07) is 8.27. The van der Waals surface area contributed by atoms with E-state index in [-0.39, 0.29) is 11.3 Å². The van der Waals surface area contributed by atoms with Crippen molar-refractivity contribution in [2.24, 2.45) is 0 Å². The topological polar surface area (TPSA) is 91.0 Å². The smallest absolute Gasteiger partial charge is 0.337 e. The summed E-state index contributed by atoms with van der Waals surface area (Å²) in [7, 11) is 4.58. The zero-order valence-corrected chi connectivity index (χ0v) is 12.5. The molecule has 6 nitrogen and oxygen atoms in total. The lowest BCUT2D eigenvalue weighted by molar-refractivity contribution is 0.0698. The maximum absolute atomic E-state index is 11.0. The van der Waals surface area contributed by atoms with Crippen molar-refractivity contribution in [1.82, 2.24) is 0 Å². The van der Waals surface area contributed by atoms with Gasteiger partial charge in [0.15, 0.2) is 11.5 Å². The number of ether oxygens (including phenoxy) is 3. The highest BCUT2D eigenvalue weighted by molar-refractivity contribution is 5.95. The molecule has 22 heavy (non-hydrogen) atoms. The van der Waals surface area contributed by atoms with Crippen molar-refractivity contribution in [3.63, 3.8) is 0 Å². The van der Waals surface area contributed by atoms with Crippen LogP contribution in [0.3, 0.4) is 0 Å². The Balaban J connectivity index is 2.62.